The molecule has 4 rings (SSSR count). The Morgan fingerprint density at radius 1 is 0.982 bits per heavy atom. The first-order chi connectivity index (χ1) is 26.2. The van der Waals surface area contributed by atoms with E-state index in [9.17, 15) is 24.0 Å². The molecule has 3 amide bonds. The maximum atomic E-state index is 14.1. The third kappa shape index (κ3) is 12.9. The number of rotatable bonds is 12. The van der Waals surface area contributed by atoms with Gasteiger partial charge in [0.15, 0.2) is 6.10 Å². The Morgan fingerprint density at radius 3 is 2.30 bits per heavy atom. The fourth-order valence-electron chi connectivity index (χ4n) is 6.62. The lowest BCUT2D eigenvalue weighted by atomic mass is 9.73. The van der Waals surface area contributed by atoms with Gasteiger partial charge in [-0.2, -0.15) is 0 Å². The molecule has 3 N–H and O–H groups in total. The lowest BCUT2D eigenvalue weighted by Crippen LogP contribution is -2.60. The number of fused-ring (bicyclic) bond motifs is 1. The van der Waals surface area contributed by atoms with Gasteiger partial charge in [-0.05, 0) is 83.9 Å². The maximum Gasteiger partial charge on any atom is 0.408 e. The van der Waals surface area contributed by atoms with Gasteiger partial charge in [-0.25, -0.2) is 10.2 Å². The van der Waals surface area contributed by atoms with E-state index in [0.29, 0.717) is 37.9 Å². The number of benzene rings is 1. The molecule has 4 unspecified atom stereocenters. The molecule has 1 aliphatic carbocycles. The van der Waals surface area contributed by atoms with Crippen LogP contribution < -0.4 is 16.1 Å². The fourth-order valence-corrected chi connectivity index (χ4v) is 6.78. The van der Waals surface area contributed by atoms with Crippen molar-refractivity contribution < 1.29 is 38.2 Å². The highest BCUT2D eigenvalue weighted by molar-refractivity contribution is 6.67. The number of carbonyl (C=O) groups is 5. The number of nitrogens with one attached hydrogen (secondary N) is 3. The van der Waals surface area contributed by atoms with Gasteiger partial charge in [-0.15, -0.1) is 0 Å². The molecule has 1 aliphatic heterocycles. The number of hydrogen-bond acceptors (Lipinski definition) is 10. The van der Waals surface area contributed by atoms with E-state index in [1.54, 1.807) is 34.6 Å². The van der Waals surface area contributed by atoms with Crippen LogP contribution in [0.3, 0.4) is 0 Å². The average Bonchev–Trinajstić information content (AvgIpc) is 3.13. The second kappa shape index (κ2) is 19.2. The summed E-state index contributed by atoms with van der Waals surface area (Å²) in [5.74, 6) is -2.66. The standard InChI is InChI=1S/C40H54Cl3N5O8/c1-24(2)32(33(49)44-26(4)34(50)48-21-11-12-30(47-48)35(51)54-23-40(41,42)43)55-36(52)39(18-9-8-10-19-39)20-17-27-13-14-28-15-16-29(46-31(28)22-27)25(3)45-37(53)56-38(5,6)7/h13-17,20,22,24-26,30,32,47H,8-12,18-19,21,23H2,1-7H3,(H,44,49)(H,45,53). The summed E-state index contributed by atoms with van der Waals surface area (Å²) in [6, 6.07) is 7.37. The Labute approximate surface area is 343 Å². The van der Waals surface area contributed by atoms with Gasteiger partial charge < -0.3 is 24.8 Å². The molecule has 1 aromatic heterocycles. The molecule has 2 heterocycles. The number of alkyl halides is 3. The number of aromatic nitrogens is 1. The zero-order valence-electron chi connectivity index (χ0n) is 33.1. The Kier molecular flexibility index (Phi) is 15.4. The summed E-state index contributed by atoms with van der Waals surface area (Å²) >= 11 is 17.1. The van der Waals surface area contributed by atoms with Crippen LogP contribution in [0.25, 0.3) is 17.0 Å². The van der Waals surface area contributed by atoms with E-state index < -0.39 is 81.4 Å². The van der Waals surface area contributed by atoms with E-state index in [2.05, 4.69) is 16.1 Å². The van der Waals surface area contributed by atoms with E-state index >= 15 is 0 Å². The van der Waals surface area contributed by atoms with E-state index in [4.69, 9.17) is 54.0 Å². The van der Waals surface area contributed by atoms with Crippen molar-refractivity contribution in [2.24, 2.45) is 11.3 Å². The summed E-state index contributed by atoms with van der Waals surface area (Å²) in [5.41, 5.74) is 3.47. The van der Waals surface area contributed by atoms with Gasteiger partial charge in [0.1, 0.15) is 24.3 Å². The van der Waals surface area contributed by atoms with Gasteiger partial charge in [-0.1, -0.05) is 98.3 Å². The number of hydrazine groups is 1. The van der Waals surface area contributed by atoms with Crippen LogP contribution in [0, 0.1) is 11.3 Å². The number of ether oxygens (including phenoxy) is 3. The largest absolute Gasteiger partial charge is 0.460 e. The molecule has 0 bridgehead atoms. The van der Waals surface area contributed by atoms with Gasteiger partial charge in [0, 0.05) is 11.9 Å². The molecular formula is C40H54Cl3N5O8. The molecule has 0 radical (unpaired) electrons. The highest BCUT2D eigenvalue weighted by Gasteiger charge is 2.42. The number of alkyl carbamates (subject to hydrolysis) is 1. The first kappa shape index (κ1) is 45.1. The molecular weight excluding hydrogens is 785 g/mol. The van der Waals surface area contributed by atoms with Crippen LogP contribution in [0.4, 0.5) is 4.79 Å². The van der Waals surface area contributed by atoms with Crippen LogP contribution in [0.5, 0.6) is 0 Å². The van der Waals surface area contributed by atoms with Crippen molar-refractivity contribution in [2.45, 2.75) is 127 Å². The van der Waals surface area contributed by atoms with Crippen molar-refractivity contribution >= 4 is 81.6 Å². The van der Waals surface area contributed by atoms with Crippen molar-refractivity contribution in [3.05, 3.63) is 47.7 Å². The third-order valence-corrected chi connectivity index (χ3v) is 9.93. The van der Waals surface area contributed by atoms with Crippen LogP contribution >= 0.6 is 34.8 Å². The zero-order chi connectivity index (χ0) is 41.4. The van der Waals surface area contributed by atoms with E-state index in [-0.39, 0.29) is 0 Å². The smallest absolute Gasteiger partial charge is 0.408 e. The third-order valence-electron chi connectivity index (χ3n) is 9.60. The van der Waals surface area contributed by atoms with Gasteiger partial charge in [0.05, 0.1) is 22.7 Å². The fraction of sp³-hybridized carbons (Fsp3) is 0.600. The molecule has 1 saturated heterocycles. The number of carbonyl (C=O) groups excluding carboxylic acids is 5. The maximum absolute atomic E-state index is 14.1. The Bertz CT molecular complexity index is 1770. The number of halogens is 3. The molecule has 2 aliphatic rings. The van der Waals surface area contributed by atoms with Crippen LogP contribution in [-0.2, 0) is 33.4 Å². The molecule has 1 saturated carbocycles. The number of amides is 3. The molecule has 2 fully saturated rings. The van der Waals surface area contributed by atoms with Crippen LogP contribution in [0.1, 0.15) is 111 Å². The lowest BCUT2D eigenvalue weighted by molar-refractivity contribution is -0.168. The van der Waals surface area contributed by atoms with Gasteiger partial charge in [0.2, 0.25) is 3.79 Å². The van der Waals surface area contributed by atoms with Crippen LogP contribution in [0.2, 0.25) is 0 Å². The Morgan fingerprint density at radius 2 is 1.66 bits per heavy atom. The summed E-state index contributed by atoms with van der Waals surface area (Å²) in [6.07, 6.45) is 6.69. The van der Waals surface area contributed by atoms with Crippen LogP contribution in [0.15, 0.2) is 36.4 Å². The second-order valence-electron chi connectivity index (χ2n) is 15.9. The summed E-state index contributed by atoms with van der Waals surface area (Å²) < 4.78 is 14.7. The number of pyridine rings is 1. The van der Waals surface area contributed by atoms with Crippen molar-refractivity contribution in [2.75, 3.05) is 13.2 Å². The van der Waals surface area contributed by atoms with Crippen LogP contribution in [-0.4, -0.2) is 80.6 Å². The summed E-state index contributed by atoms with van der Waals surface area (Å²) in [5, 5.41) is 7.71. The van der Waals surface area contributed by atoms with Gasteiger partial charge >= 0.3 is 18.0 Å². The van der Waals surface area contributed by atoms with Gasteiger partial charge in [0.25, 0.3) is 11.8 Å². The molecule has 16 heteroatoms. The first-order valence-corrected chi connectivity index (χ1v) is 20.2. The minimum absolute atomic E-state index is 0.295. The monoisotopic (exact) mass is 837 g/mol. The molecule has 0 spiro atoms. The highest BCUT2D eigenvalue weighted by atomic mass is 35.6. The summed E-state index contributed by atoms with van der Waals surface area (Å²) in [6.45, 7) is 12.2. The van der Waals surface area contributed by atoms with E-state index in [1.807, 2.05) is 49.4 Å². The number of hydrogen-bond donors (Lipinski definition) is 3. The zero-order valence-corrected chi connectivity index (χ0v) is 35.4. The number of esters is 2. The quantitative estimate of drug-likeness (QED) is 0.113. The summed E-state index contributed by atoms with van der Waals surface area (Å²) in [7, 11) is 0. The minimum atomic E-state index is -1.77. The first-order valence-electron chi connectivity index (χ1n) is 19.1. The number of nitrogens with zero attached hydrogens (tertiary/aromatic N) is 2. The van der Waals surface area contributed by atoms with E-state index in [0.717, 1.165) is 35.7 Å². The Hall–Kier alpha value is -3.65. The molecule has 2 aromatic rings. The SMILES string of the molecule is CC(NC(=O)C(OC(=O)C1(C=Cc2ccc3ccc(C(C)NC(=O)OC(C)(C)C)nc3c2)CCCCC1)C(C)C)C(=O)N1CCCC(C(=O)OCC(Cl)(Cl)Cl)N1. The van der Waals surface area contributed by atoms with E-state index in [1.165, 1.54) is 11.9 Å². The second-order valence-corrected chi connectivity index (χ2v) is 18.5. The molecule has 56 heavy (non-hydrogen) atoms. The van der Waals surface area contributed by atoms with Crippen molar-refractivity contribution in [3.8, 4) is 0 Å². The molecule has 308 valence electrons. The average molecular weight is 839 g/mol. The summed E-state index contributed by atoms with van der Waals surface area (Å²) in [4.78, 5) is 70.7. The van der Waals surface area contributed by atoms with Crippen molar-refractivity contribution in [1.29, 1.82) is 0 Å². The molecule has 4 atom stereocenters. The molecule has 1 aromatic carbocycles. The highest BCUT2D eigenvalue weighted by Crippen LogP contribution is 2.40. The predicted octanol–water partition coefficient (Wildman–Crippen LogP) is 7.27. The van der Waals surface area contributed by atoms with Gasteiger partial charge in [-0.3, -0.25) is 29.2 Å². The normalized spacial score (nSPS) is 19.2. The lowest BCUT2D eigenvalue weighted by Gasteiger charge is -2.35. The topological polar surface area (TPSA) is 165 Å². The molecule has 13 nitrogen and oxygen atoms in total. The predicted molar refractivity (Wildman–Crippen MR) is 216 cm³/mol. The minimum Gasteiger partial charge on any atom is -0.460 e. The Balaban J connectivity index is 1.44. The van der Waals surface area contributed by atoms with Crippen molar-refractivity contribution in [1.82, 2.24) is 26.1 Å². The van der Waals surface area contributed by atoms with Crippen molar-refractivity contribution in [3.63, 3.8) is 0 Å².